The van der Waals surface area contributed by atoms with Crippen molar-refractivity contribution in [2.75, 3.05) is 18.0 Å². The Morgan fingerprint density at radius 2 is 1.74 bits per heavy atom. The van der Waals surface area contributed by atoms with E-state index in [-0.39, 0.29) is 5.78 Å². The first-order valence-electron chi connectivity index (χ1n) is 9.33. The average molecular weight is 421 g/mol. The fraction of sp³-hybridized carbons (Fsp3) is 0.217. The van der Waals surface area contributed by atoms with Crippen molar-refractivity contribution in [1.82, 2.24) is 4.98 Å². The molecule has 1 saturated heterocycles. The third kappa shape index (κ3) is 4.11. The van der Waals surface area contributed by atoms with Crippen molar-refractivity contribution in [2.45, 2.75) is 19.3 Å². The summed E-state index contributed by atoms with van der Waals surface area (Å²) in [4.78, 5) is 19.8. The van der Waals surface area contributed by atoms with Gasteiger partial charge >= 0.3 is 0 Å². The van der Waals surface area contributed by atoms with Gasteiger partial charge in [0.1, 0.15) is 5.82 Å². The molecule has 1 aliphatic heterocycles. The van der Waals surface area contributed by atoms with E-state index in [0.29, 0.717) is 5.56 Å². The molecule has 0 amide bonds. The van der Waals surface area contributed by atoms with Gasteiger partial charge in [-0.05, 0) is 67.8 Å². The molecule has 0 bridgehead atoms. The molecule has 4 heteroatoms. The van der Waals surface area contributed by atoms with Crippen LogP contribution in [0.1, 0.15) is 35.2 Å². The van der Waals surface area contributed by atoms with E-state index >= 15 is 0 Å². The van der Waals surface area contributed by atoms with Crippen LogP contribution in [0, 0.1) is 0 Å². The zero-order valence-corrected chi connectivity index (χ0v) is 16.7. The summed E-state index contributed by atoms with van der Waals surface area (Å²) in [6, 6.07) is 17.7. The van der Waals surface area contributed by atoms with Crippen LogP contribution in [0.5, 0.6) is 0 Å². The minimum Gasteiger partial charge on any atom is -0.356 e. The molecule has 3 aromatic rings. The average Bonchev–Trinajstić information content (AvgIpc) is 2.72. The molecule has 1 aromatic heterocycles. The molecular formula is C23H21BrN2O. The maximum atomic E-state index is 12.5. The fourth-order valence-corrected chi connectivity index (χ4v) is 3.74. The van der Waals surface area contributed by atoms with Crippen molar-refractivity contribution in [3.8, 4) is 0 Å². The van der Waals surface area contributed by atoms with Crippen LogP contribution in [0.2, 0.25) is 0 Å². The number of carbonyl (C=O) groups excluding carboxylic acids is 1. The van der Waals surface area contributed by atoms with E-state index in [1.165, 1.54) is 19.3 Å². The first-order valence-corrected chi connectivity index (χ1v) is 10.1. The summed E-state index contributed by atoms with van der Waals surface area (Å²) in [6.07, 6.45) is 7.22. The van der Waals surface area contributed by atoms with Crippen molar-refractivity contribution in [2.24, 2.45) is 0 Å². The first kappa shape index (κ1) is 17.9. The smallest absolute Gasteiger partial charge is 0.185 e. The number of halogens is 1. The molecule has 0 unspecified atom stereocenters. The van der Waals surface area contributed by atoms with Gasteiger partial charge in [-0.15, -0.1) is 0 Å². The number of carbonyl (C=O) groups is 1. The summed E-state index contributed by atoms with van der Waals surface area (Å²) in [6.45, 7) is 2.04. The third-order valence-electron chi connectivity index (χ3n) is 4.93. The van der Waals surface area contributed by atoms with Crippen LogP contribution in [0.15, 0.2) is 65.1 Å². The van der Waals surface area contributed by atoms with Crippen LogP contribution in [-0.4, -0.2) is 23.9 Å². The second kappa shape index (κ2) is 8.05. The Balaban J connectivity index is 1.70. The summed E-state index contributed by atoms with van der Waals surface area (Å²) in [5.74, 6) is 0.980. The van der Waals surface area contributed by atoms with Gasteiger partial charge < -0.3 is 4.90 Å². The lowest BCUT2D eigenvalue weighted by Crippen LogP contribution is -2.30. The number of piperidine rings is 1. The van der Waals surface area contributed by atoms with Gasteiger partial charge in [0.05, 0.1) is 5.52 Å². The number of hydrogen-bond acceptors (Lipinski definition) is 3. The normalized spacial score (nSPS) is 14.8. The number of aromatic nitrogens is 1. The van der Waals surface area contributed by atoms with E-state index in [2.05, 4.69) is 33.0 Å². The standard InChI is InChI=1S/C23H21BrN2O/c24-20-11-8-17(9-12-20)22(27)13-10-19-16-18-6-2-3-7-21(18)25-23(19)26-14-4-1-5-15-26/h2-3,6-13,16H,1,4-5,14-15H2/b13-10+. The maximum Gasteiger partial charge on any atom is 0.185 e. The highest BCUT2D eigenvalue weighted by molar-refractivity contribution is 9.10. The molecule has 0 N–H and O–H groups in total. The number of nitrogens with zero attached hydrogens (tertiary/aromatic N) is 2. The van der Waals surface area contributed by atoms with Crippen LogP contribution < -0.4 is 4.90 Å². The molecule has 2 heterocycles. The number of rotatable bonds is 4. The number of fused-ring (bicyclic) bond motifs is 1. The number of pyridine rings is 1. The first-order chi connectivity index (χ1) is 13.2. The summed E-state index contributed by atoms with van der Waals surface area (Å²) in [5, 5.41) is 1.09. The molecule has 27 heavy (non-hydrogen) atoms. The van der Waals surface area contributed by atoms with E-state index in [0.717, 1.165) is 39.8 Å². The molecule has 0 spiro atoms. The highest BCUT2D eigenvalue weighted by Crippen LogP contribution is 2.27. The summed E-state index contributed by atoms with van der Waals surface area (Å²) < 4.78 is 0.967. The highest BCUT2D eigenvalue weighted by Gasteiger charge is 2.16. The van der Waals surface area contributed by atoms with Gasteiger partial charge in [-0.1, -0.05) is 34.1 Å². The SMILES string of the molecule is O=C(/C=C/c1cc2ccccc2nc1N1CCCCC1)c1ccc(Br)cc1. The predicted octanol–water partition coefficient (Wildman–Crippen LogP) is 5.88. The Bertz CT molecular complexity index is 989. The van der Waals surface area contributed by atoms with Gasteiger partial charge in [-0.25, -0.2) is 4.98 Å². The van der Waals surface area contributed by atoms with Crippen LogP contribution in [0.25, 0.3) is 17.0 Å². The van der Waals surface area contributed by atoms with E-state index in [4.69, 9.17) is 4.98 Å². The highest BCUT2D eigenvalue weighted by atomic mass is 79.9. The quantitative estimate of drug-likeness (QED) is 0.389. The number of allylic oxidation sites excluding steroid dienone is 1. The monoisotopic (exact) mass is 420 g/mol. The van der Waals surface area contributed by atoms with Crippen LogP contribution in [-0.2, 0) is 0 Å². The van der Waals surface area contributed by atoms with Gasteiger partial charge in [0.25, 0.3) is 0 Å². The Kier molecular flexibility index (Phi) is 5.35. The van der Waals surface area contributed by atoms with Gasteiger partial charge in [0, 0.05) is 34.1 Å². The second-order valence-electron chi connectivity index (χ2n) is 6.85. The third-order valence-corrected chi connectivity index (χ3v) is 5.46. The molecule has 2 aromatic carbocycles. The van der Waals surface area contributed by atoms with Crippen molar-refractivity contribution in [1.29, 1.82) is 0 Å². The molecule has 1 aliphatic rings. The molecule has 4 rings (SSSR count). The zero-order chi connectivity index (χ0) is 18.6. The number of anilines is 1. The fourth-order valence-electron chi connectivity index (χ4n) is 3.48. The molecule has 1 fully saturated rings. The lowest BCUT2D eigenvalue weighted by atomic mass is 10.1. The molecule has 0 aliphatic carbocycles. The van der Waals surface area contributed by atoms with Gasteiger partial charge in [0.15, 0.2) is 5.78 Å². The van der Waals surface area contributed by atoms with E-state index in [1.807, 2.05) is 48.5 Å². The minimum absolute atomic E-state index is 0.000234. The van der Waals surface area contributed by atoms with Crippen LogP contribution >= 0.6 is 15.9 Å². The van der Waals surface area contributed by atoms with Crippen LogP contribution in [0.4, 0.5) is 5.82 Å². The topological polar surface area (TPSA) is 33.2 Å². The predicted molar refractivity (Wildman–Crippen MR) is 115 cm³/mol. The van der Waals surface area contributed by atoms with Gasteiger partial charge in [-0.3, -0.25) is 4.79 Å². The maximum absolute atomic E-state index is 12.5. The Hall–Kier alpha value is -2.46. The number of benzene rings is 2. The van der Waals surface area contributed by atoms with Crippen molar-refractivity contribution in [3.63, 3.8) is 0 Å². The largest absolute Gasteiger partial charge is 0.356 e. The molecule has 0 radical (unpaired) electrons. The Morgan fingerprint density at radius 1 is 1.00 bits per heavy atom. The Morgan fingerprint density at radius 3 is 2.52 bits per heavy atom. The Labute approximate surface area is 167 Å². The summed E-state index contributed by atoms with van der Waals surface area (Å²) in [7, 11) is 0. The van der Waals surface area contributed by atoms with E-state index < -0.39 is 0 Å². The lowest BCUT2D eigenvalue weighted by molar-refractivity contribution is 0.104. The lowest BCUT2D eigenvalue weighted by Gasteiger charge is -2.29. The summed E-state index contributed by atoms with van der Waals surface area (Å²) in [5.41, 5.74) is 2.68. The molecule has 3 nitrogen and oxygen atoms in total. The second-order valence-corrected chi connectivity index (χ2v) is 7.76. The number of ketones is 1. The van der Waals surface area contributed by atoms with Crippen molar-refractivity contribution >= 4 is 44.5 Å². The van der Waals surface area contributed by atoms with Crippen molar-refractivity contribution < 1.29 is 4.79 Å². The van der Waals surface area contributed by atoms with E-state index in [9.17, 15) is 4.79 Å². The van der Waals surface area contributed by atoms with E-state index in [1.54, 1.807) is 6.08 Å². The van der Waals surface area contributed by atoms with Crippen molar-refractivity contribution in [3.05, 3.63) is 76.3 Å². The van der Waals surface area contributed by atoms with Crippen LogP contribution in [0.3, 0.4) is 0 Å². The molecule has 0 atom stereocenters. The van der Waals surface area contributed by atoms with Gasteiger partial charge in [-0.2, -0.15) is 0 Å². The number of para-hydroxylation sites is 1. The summed E-state index contributed by atoms with van der Waals surface area (Å²) >= 11 is 3.40. The zero-order valence-electron chi connectivity index (χ0n) is 15.1. The van der Waals surface area contributed by atoms with Gasteiger partial charge in [0.2, 0.25) is 0 Å². The molecule has 136 valence electrons. The molecular weight excluding hydrogens is 400 g/mol. The molecule has 0 saturated carbocycles. The minimum atomic E-state index is 0.000234. The number of hydrogen-bond donors (Lipinski definition) is 0.